The maximum Gasteiger partial charge on any atom is 0.0812 e. The molecule has 1 fully saturated rings. The second-order valence-electron chi connectivity index (χ2n) is 6.35. The van der Waals surface area contributed by atoms with Crippen LogP contribution in [0.2, 0.25) is 0 Å². The zero-order valence-corrected chi connectivity index (χ0v) is 13.3. The van der Waals surface area contributed by atoms with Crippen LogP contribution in [0.4, 0.5) is 0 Å². The number of aromatic nitrogens is 2. The van der Waals surface area contributed by atoms with Crippen molar-refractivity contribution in [3.8, 4) is 0 Å². The molecule has 0 saturated heterocycles. The molecule has 1 aliphatic rings. The molecule has 1 unspecified atom stereocenters. The summed E-state index contributed by atoms with van der Waals surface area (Å²) in [6.07, 6.45) is 6.74. The Labute approximate surface area is 122 Å². The molecule has 0 radical (unpaired) electrons. The number of aryl methyl sites for hydroxylation is 1. The Hall–Kier alpha value is -0.910. The first-order valence-electron chi connectivity index (χ1n) is 7.70. The lowest BCUT2D eigenvalue weighted by Crippen LogP contribution is -2.57. The van der Waals surface area contributed by atoms with Gasteiger partial charge in [-0.3, -0.25) is 10.5 Å². The van der Waals surface area contributed by atoms with Gasteiger partial charge >= 0.3 is 0 Å². The van der Waals surface area contributed by atoms with Crippen molar-refractivity contribution in [1.82, 2.24) is 20.1 Å². The summed E-state index contributed by atoms with van der Waals surface area (Å²) in [4.78, 5) is 2.36. The molecule has 1 aliphatic carbocycles. The molecule has 0 amide bonds. The van der Waals surface area contributed by atoms with Crippen molar-refractivity contribution < 1.29 is 0 Å². The number of likely N-dealkylation sites (N-methyl/N-ethyl adjacent to an activating group) is 1. The number of hydrazine groups is 1. The average Bonchev–Trinajstić information content (AvgIpc) is 2.90. The number of hydrogen-bond donors (Lipinski definition) is 2. The third kappa shape index (κ3) is 2.62. The highest BCUT2D eigenvalue weighted by Crippen LogP contribution is 2.43. The van der Waals surface area contributed by atoms with Gasteiger partial charge in [0.25, 0.3) is 0 Å². The van der Waals surface area contributed by atoms with Crippen LogP contribution in [0.5, 0.6) is 0 Å². The fourth-order valence-electron chi connectivity index (χ4n) is 3.62. The smallest absolute Gasteiger partial charge is 0.0812 e. The second kappa shape index (κ2) is 6.24. The van der Waals surface area contributed by atoms with E-state index in [0.717, 1.165) is 12.5 Å². The van der Waals surface area contributed by atoms with E-state index in [2.05, 4.69) is 49.4 Å². The summed E-state index contributed by atoms with van der Waals surface area (Å²) in [5.41, 5.74) is 4.35. The van der Waals surface area contributed by atoms with E-state index in [1.54, 1.807) is 0 Å². The Kier molecular flexibility index (Phi) is 4.83. The Bertz CT molecular complexity index is 418. The van der Waals surface area contributed by atoms with Gasteiger partial charge in [-0.1, -0.05) is 6.92 Å². The van der Waals surface area contributed by atoms with Gasteiger partial charge in [-0.2, -0.15) is 5.10 Å². The third-order valence-corrected chi connectivity index (χ3v) is 5.08. The van der Waals surface area contributed by atoms with Crippen LogP contribution in [-0.2, 0) is 6.54 Å². The van der Waals surface area contributed by atoms with Gasteiger partial charge in [-0.15, -0.1) is 0 Å². The van der Waals surface area contributed by atoms with Crippen molar-refractivity contribution >= 4 is 0 Å². The highest BCUT2D eigenvalue weighted by Gasteiger charge is 2.44. The van der Waals surface area contributed by atoms with Crippen LogP contribution in [0.15, 0.2) is 12.3 Å². The van der Waals surface area contributed by atoms with E-state index >= 15 is 0 Å². The summed E-state index contributed by atoms with van der Waals surface area (Å²) in [6, 6.07) is 2.21. The van der Waals surface area contributed by atoms with Crippen LogP contribution in [0.3, 0.4) is 0 Å². The van der Waals surface area contributed by atoms with Crippen molar-refractivity contribution in [2.24, 2.45) is 11.8 Å². The van der Waals surface area contributed by atoms with E-state index < -0.39 is 0 Å². The van der Waals surface area contributed by atoms with Gasteiger partial charge in [-0.25, -0.2) is 5.43 Å². The fraction of sp³-hybridized carbons (Fsp3) is 0.800. The van der Waals surface area contributed by atoms with Gasteiger partial charge in [0.2, 0.25) is 0 Å². The van der Waals surface area contributed by atoms with Crippen molar-refractivity contribution in [2.75, 3.05) is 14.1 Å². The van der Waals surface area contributed by atoms with Gasteiger partial charge in [0.15, 0.2) is 0 Å². The first-order chi connectivity index (χ1) is 9.55. The van der Waals surface area contributed by atoms with Gasteiger partial charge in [0.05, 0.1) is 11.7 Å². The quantitative estimate of drug-likeness (QED) is 0.638. The zero-order valence-electron chi connectivity index (χ0n) is 13.3. The molecule has 1 atom stereocenters. The third-order valence-electron chi connectivity index (χ3n) is 5.08. The molecule has 0 spiro atoms. The maximum absolute atomic E-state index is 5.96. The zero-order chi connectivity index (χ0) is 14.8. The molecule has 1 aromatic heterocycles. The molecule has 0 aliphatic heterocycles. The summed E-state index contributed by atoms with van der Waals surface area (Å²) in [5.74, 6) is 6.78. The van der Waals surface area contributed by atoms with Crippen LogP contribution < -0.4 is 11.3 Å². The van der Waals surface area contributed by atoms with E-state index in [-0.39, 0.29) is 11.6 Å². The van der Waals surface area contributed by atoms with E-state index in [9.17, 15) is 0 Å². The lowest BCUT2D eigenvalue weighted by atomic mass is 9.71. The molecule has 0 bridgehead atoms. The van der Waals surface area contributed by atoms with Crippen LogP contribution in [0, 0.1) is 5.92 Å². The van der Waals surface area contributed by atoms with E-state index in [1.807, 2.05) is 10.9 Å². The molecule has 2 rings (SSSR count). The van der Waals surface area contributed by atoms with Crippen LogP contribution in [0.1, 0.15) is 51.3 Å². The summed E-state index contributed by atoms with van der Waals surface area (Å²) < 4.78 is 2.05. The van der Waals surface area contributed by atoms with Crippen molar-refractivity contribution in [1.29, 1.82) is 0 Å². The second-order valence-corrected chi connectivity index (χ2v) is 6.35. The molecule has 20 heavy (non-hydrogen) atoms. The maximum atomic E-state index is 5.96. The lowest BCUT2D eigenvalue weighted by Gasteiger charge is -2.49. The van der Waals surface area contributed by atoms with Gasteiger partial charge in [0, 0.05) is 18.3 Å². The van der Waals surface area contributed by atoms with Gasteiger partial charge in [0.1, 0.15) is 0 Å². The van der Waals surface area contributed by atoms with Gasteiger partial charge < -0.3 is 4.90 Å². The molecular formula is C15H29N5. The van der Waals surface area contributed by atoms with Crippen LogP contribution in [0.25, 0.3) is 0 Å². The summed E-state index contributed by atoms with van der Waals surface area (Å²) in [6.45, 7) is 5.34. The minimum absolute atomic E-state index is 0.0776. The van der Waals surface area contributed by atoms with E-state index in [4.69, 9.17) is 5.84 Å². The number of hydrogen-bond acceptors (Lipinski definition) is 4. The molecular weight excluding hydrogens is 250 g/mol. The minimum Gasteiger partial charge on any atom is -0.302 e. The number of nitrogens with two attached hydrogens (primary N) is 1. The first kappa shape index (κ1) is 15.5. The Morgan fingerprint density at radius 2 is 2.15 bits per heavy atom. The fourth-order valence-corrected chi connectivity index (χ4v) is 3.62. The first-order valence-corrected chi connectivity index (χ1v) is 7.70. The van der Waals surface area contributed by atoms with E-state index in [0.29, 0.717) is 0 Å². The van der Waals surface area contributed by atoms with Crippen molar-refractivity contribution in [3.05, 3.63) is 18.0 Å². The Morgan fingerprint density at radius 1 is 1.50 bits per heavy atom. The predicted octanol–water partition coefficient (Wildman–Crippen LogP) is 1.92. The highest BCUT2D eigenvalue weighted by molar-refractivity contribution is 5.16. The molecule has 0 aromatic carbocycles. The number of nitrogens with one attached hydrogen (secondary N) is 1. The molecule has 1 aromatic rings. The van der Waals surface area contributed by atoms with E-state index in [1.165, 1.54) is 31.4 Å². The average molecular weight is 279 g/mol. The number of nitrogens with zero attached hydrogens (tertiary/aromatic N) is 3. The molecule has 5 nitrogen and oxygen atoms in total. The predicted molar refractivity (Wildman–Crippen MR) is 82.0 cm³/mol. The molecule has 114 valence electrons. The molecule has 1 heterocycles. The SMILES string of the molecule is CCn1nccc1C(NN)C1(N(C)C)CCC(C)CC1. The van der Waals surface area contributed by atoms with Crippen LogP contribution >= 0.6 is 0 Å². The van der Waals surface area contributed by atoms with Crippen LogP contribution in [-0.4, -0.2) is 34.3 Å². The monoisotopic (exact) mass is 279 g/mol. The Balaban J connectivity index is 2.36. The molecule has 3 N–H and O–H groups in total. The minimum atomic E-state index is 0.0776. The number of rotatable bonds is 5. The highest BCUT2D eigenvalue weighted by atomic mass is 15.3. The summed E-state index contributed by atoms with van der Waals surface area (Å²) in [7, 11) is 4.35. The molecule has 1 saturated carbocycles. The Morgan fingerprint density at radius 3 is 2.65 bits per heavy atom. The largest absolute Gasteiger partial charge is 0.302 e. The molecule has 5 heteroatoms. The lowest BCUT2D eigenvalue weighted by molar-refractivity contribution is 0.0397. The summed E-state index contributed by atoms with van der Waals surface area (Å²) in [5, 5.41) is 4.41. The van der Waals surface area contributed by atoms with Crippen molar-refractivity contribution in [2.45, 2.75) is 57.7 Å². The summed E-state index contributed by atoms with van der Waals surface area (Å²) >= 11 is 0. The van der Waals surface area contributed by atoms with Crippen molar-refractivity contribution in [3.63, 3.8) is 0 Å². The van der Waals surface area contributed by atoms with Gasteiger partial charge in [-0.05, 0) is 58.7 Å². The standard InChI is InChI=1S/C15H29N5/c1-5-20-13(8-11-17-20)14(18-16)15(19(3)4)9-6-12(2)7-10-15/h8,11-12,14,18H,5-7,9-10,16H2,1-4H3. The normalized spacial score (nSPS) is 28.8. The topological polar surface area (TPSA) is 59.1 Å².